The van der Waals surface area contributed by atoms with Crippen LogP contribution in [0.4, 0.5) is 0 Å². The molecule has 0 aliphatic rings. The minimum atomic E-state index is -0.0139. The molecule has 1 atom stereocenters. The second-order valence-corrected chi connectivity index (χ2v) is 4.36. The van der Waals surface area contributed by atoms with E-state index in [4.69, 9.17) is 15.2 Å². The fourth-order valence-corrected chi connectivity index (χ4v) is 1.67. The number of nitrogens with zero attached hydrogens (tertiary/aromatic N) is 1. The molecule has 0 unspecified atom stereocenters. The molecule has 2 rings (SSSR count). The molecule has 0 saturated carbocycles. The molecule has 0 saturated heterocycles. The van der Waals surface area contributed by atoms with Gasteiger partial charge in [-0.2, -0.15) is 0 Å². The summed E-state index contributed by atoms with van der Waals surface area (Å²) in [6.07, 6.45) is 1.74. The number of rotatable bonds is 5. The summed E-state index contributed by atoms with van der Waals surface area (Å²) in [5.74, 6) is 1.41. The van der Waals surface area contributed by atoms with Crippen LogP contribution in [0.5, 0.6) is 11.6 Å². The zero-order valence-corrected chi connectivity index (χ0v) is 11.2. The molecule has 0 radical (unpaired) electrons. The fourth-order valence-electron chi connectivity index (χ4n) is 1.67. The molecule has 0 bridgehead atoms. The van der Waals surface area contributed by atoms with Gasteiger partial charge >= 0.3 is 0 Å². The fraction of sp³-hybridized carbons (Fsp3) is 0.267. The number of pyridine rings is 1. The second kappa shape index (κ2) is 6.20. The van der Waals surface area contributed by atoms with Crippen molar-refractivity contribution in [1.82, 2.24) is 4.98 Å². The predicted molar refractivity (Wildman–Crippen MR) is 74.2 cm³/mol. The number of aromatic nitrogens is 1. The lowest BCUT2D eigenvalue weighted by molar-refractivity contribution is 0.293. The van der Waals surface area contributed by atoms with Gasteiger partial charge in [-0.25, -0.2) is 4.98 Å². The Hall–Kier alpha value is -2.07. The Bertz CT molecular complexity index is 524. The first-order valence-corrected chi connectivity index (χ1v) is 6.16. The van der Waals surface area contributed by atoms with Crippen LogP contribution < -0.4 is 15.2 Å². The highest BCUT2D eigenvalue weighted by Crippen LogP contribution is 2.16. The van der Waals surface area contributed by atoms with E-state index in [2.05, 4.69) is 4.98 Å². The predicted octanol–water partition coefficient (Wildman–Crippen LogP) is 2.69. The normalized spacial score (nSPS) is 11.9. The van der Waals surface area contributed by atoms with Crippen LogP contribution in [0.25, 0.3) is 0 Å². The van der Waals surface area contributed by atoms with E-state index in [0.29, 0.717) is 12.5 Å². The number of methoxy groups -OCH3 is 1. The molecule has 0 aliphatic heterocycles. The summed E-state index contributed by atoms with van der Waals surface area (Å²) in [5, 5.41) is 0. The van der Waals surface area contributed by atoms with Crippen LogP contribution >= 0.6 is 0 Å². The molecule has 1 heterocycles. The van der Waals surface area contributed by atoms with Crippen LogP contribution in [0.2, 0.25) is 0 Å². The minimum Gasteiger partial charge on any atom is -0.497 e. The van der Waals surface area contributed by atoms with Gasteiger partial charge in [-0.3, -0.25) is 0 Å². The third-order valence-corrected chi connectivity index (χ3v) is 2.81. The lowest BCUT2D eigenvalue weighted by Crippen LogP contribution is -2.05. The van der Waals surface area contributed by atoms with E-state index in [1.165, 1.54) is 0 Å². The van der Waals surface area contributed by atoms with Crippen LogP contribution in [0.15, 0.2) is 42.6 Å². The maximum atomic E-state index is 5.77. The molecule has 4 heteroatoms. The molecule has 0 aliphatic carbocycles. The van der Waals surface area contributed by atoms with Gasteiger partial charge in [0.15, 0.2) is 0 Å². The first-order chi connectivity index (χ1) is 9.19. The van der Waals surface area contributed by atoms with E-state index in [1.54, 1.807) is 13.3 Å². The summed E-state index contributed by atoms with van der Waals surface area (Å²) < 4.78 is 10.8. The maximum Gasteiger partial charge on any atom is 0.213 e. The number of hydrogen-bond donors (Lipinski definition) is 1. The molecule has 0 amide bonds. The molecular formula is C15H18N2O2. The lowest BCUT2D eigenvalue weighted by Gasteiger charge is -2.08. The third-order valence-electron chi connectivity index (χ3n) is 2.81. The zero-order chi connectivity index (χ0) is 13.7. The zero-order valence-electron chi connectivity index (χ0n) is 11.2. The van der Waals surface area contributed by atoms with Gasteiger partial charge in [-0.05, 0) is 30.2 Å². The lowest BCUT2D eigenvalue weighted by atomic mass is 10.2. The van der Waals surface area contributed by atoms with E-state index >= 15 is 0 Å². The number of ether oxygens (including phenoxy) is 2. The molecule has 1 aromatic carbocycles. The summed E-state index contributed by atoms with van der Waals surface area (Å²) >= 11 is 0. The number of benzene rings is 1. The van der Waals surface area contributed by atoms with Gasteiger partial charge in [0.1, 0.15) is 12.4 Å². The Morgan fingerprint density at radius 1 is 1.26 bits per heavy atom. The summed E-state index contributed by atoms with van der Waals surface area (Å²) in [6, 6.07) is 11.5. The van der Waals surface area contributed by atoms with Crippen molar-refractivity contribution < 1.29 is 9.47 Å². The summed E-state index contributed by atoms with van der Waals surface area (Å²) in [4.78, 5) is 4.22. The van der Waals surface area contributed by atoms with Gasteiger partial charge in [0, 0.05) is 18.3 Å². The Balaban J connectivity index is 1.98. The van der Waals surface area contributed by atoms with Crippen LogP contribution in [0, 0.1) is 0 Å². The highest BCUT2D eigenvalue weighted by molar-refractivity contribution is 5.28. The largest absolute Gasteiger partial charge is 0.497 e. The van der Waals surface area contributed by atoms with Crippen molar-refractivity contribution in [2.75, 3.05) is 7.11 Å². The van der Waals surface area contributed by atoms with Crippen molar-refractivity contribution in [1.29, 1.82) is 0 Å². The van der Waals surface area contributed by atoms with Gasteiger partial charge < -0.3 is 15.2 Å². The van der Waals surface area contributed by atoms with Gasteiger partial charge in [0.25, 0.3) is 0 Å². The maximum absolute atomic E-state index is 5.77. The van der Waals surface area contributed by atoms with Gasteiger partial charge in [-0.15, -0.1) is 0 Å². The molecule has 4 nitrogen and oxygen atoms in total. The second-order valence-electron chi connectivity index (χ2n) is 4.36. The standard InChI is InChI=1S/C15H18N2O2/c1-11(16)13-6-7-15(17-9-13)19-10-12-4-3-5-14(8-12)18-2/h3-9,11H,10,16H2,1-2H3/t11-/m0/s1. The molecule has 2 N–H and O–H groups in total. The van der Waals surface area contributed by atoms with Crippen molar-refractivity contribution in [3.05, 3.63) is 53.7 Å². The molecule has 0 fully saturated rings. The minimum absolute atomic E-state index is 0.0139. The third kappa shape index (κ3) is 3.69. The molecular weight excluding hydrogens is 240 g/mol. The average Bonchev–Trinajstić information content (AvgIpc) is 2.46. The van der Waals surface area contributed by atoms with Gasteiger partial charge in [0.05, 0.1) is 7.11 Å². The van der Waals surface area contributed by atoms with Gasteiger partial charge in [-0.1, -0.05) is 18.2 Å². The van der Waals surface area contributed by atoms with Crippen LogP contribution in [0.1, 0.15) is 24.1 Å². The highest BCUT2D eigenvalue weighted by Gasteiger charge is 2.02. The van der Waals surface area contributed by atoms with E-state index in [0.717, 1.165) is 16.9 Å². The highest BCUT2D eigenvalue weighted by atomic mass is 16.5. The number of nitrogens with two attached hydrogens (primary N) is 1. The van der Waals surface area contributed by atoms with Crippen molar-refractivity contribution in [2.45, 2.75) is 19.6 Å². The summed E-state index contributed by atoms with van der Waals surface area (Å²) in [5.41, 5.74) is 7.80. The molecule has 100 valence electrons. The van der Waals surface area contributed by atoms with Crippen molar-refractivity contribution in [3.63, 3.8) is 0 Å². The van der Waals surface area contributed by atoms with E-state index in [1.807, 2.05) is 43.3 Å². The van der Waals surface area contributed by atoms with Crippen molar-refractivity contribution >= 4 is 0 Å². The van der Waals surface area contributed by atoms with Gasteiger partial charge in [0.2, 0.25) is 5.88 Å². The molecule has 2 aromatic rings. The van der Waals surface area contributed by atoms with Crippen LogP contribution in [-0.2, 0) is 6.61 Å². The monoisotopic (exact) mass is 258 g/mol. The van der Waals surface area contributed by atoms with E-state index in [9.17, 15) is 0 Å². The molecule has 1 aromatic heterocycles. The van der Waals surface area contributed by atoms with Crippen molar-refractivity contribution in [3.8, 4) is 11.6 Å². The Morgan fingerprint density at radius 2 is 2.11 bits per heavy atom. The van der Waals surface area contributed by atoms with Crippen molar-refractivity contribution in [2.24, 2.45) is 5.73 Å². The Morgan fingerprint density at radius 3 is 2.74 bits per heavy atom. The smallest absolute Gasteiger partial charge is 0.213 e. The van der Waals surface area contributed by atoms with E-state index < -0.39 is 0 Å². The van der Waals surface area contributed by atoms with E-state index in [-0.39, 0.29) is 6.04 Å². The summed E-state index contributed by atoms with van der Waals surface area (Å²) in [6.45, 7) is 2.38. The SMILES string of the molecule is COc1cccc(COc2ccc([C@H](C)N)cn2)c1. The topological polar surface area (TPSA) is 57.4 Å². The Kier molecular flexibility index (Phi) is 4.36. The first-order valence-electron chi connectivity index (χ1n) is 6.16. The quantitative estimate of drug-likeness (QED) is 0.895. The first kappa shape index (κ1) is 13.4. The Labute approximate surface area is 113 Å². The molecule has 19 heavy (non-hydrogen) atoms. The number of hydrogen-bond acceptors (Lipinski definition) is 4. The molecule has 0 spiro atoms. The van der Waals surface area contributed by atoms with Crippen LogP contribution in [0.3, 0.4) is 0 Å². The summed E-state index contributed by atoms with van der Waals surface area (Å²) in [7, 11) is 1.65. The average molecular weight is 258 g/mol. The van der Waals surface area contributed by atoms with Crippen LogP contribution in [-0.4, -0.2) is 12.1 Å².